The summed E-state index contributed by atoms with van der Waals surface area (Å²) in [5.74, 6) is -1.42. The molecule has 0 aromatic heterocycles. The number of ether oxygens (including phenoxy) is 1. The van der Waals surface area contributed by atoms with Crippen molar-refractivity contribution in [2.45, 2.75) is 51.9 Å². The molecule has 8 nitrogen and oxygen atoms in total. The van der Waals surface area contributed by atoms with Crippen molar-refractivity contribution in [3.8, 4) is 0 Å². The van der Waals surface area contributed by atoms with Gasteiger partial charge in [-0.15, -0.1) is 0 Å². The summed E-state index contributed by atoms with van der Waals surface area (Å²) in [5.41, 5.74) is 2.06. The number of fused-ring (bicyclic) bond motifs is 4. The molecule has 154 valence electrons. The molecule has 1 aromatic rings. The molecule has 0 radical (unpaired) electrons. The molecular weight excluding hydrogens is 374 g/mol. The minimum atomic E-state index is -1.36. The van der Waals surface area contributed by atoms with E-state index in [0.29, 0.717) is 12.3 Å². The Balaban J connectivity index is 1.89. The zero-order chi connectivity index (χ0) is 20.9. The summed E-state index contributed by atoms with van der Waals surface area (Å²) in [6.07, 6.45) is -0.467. The molecule has 1 spiro atoms. The first-order valence-corrected chi connectivity index (χ1v) is 9.78. The lowest BCUT2D eigenvalue weighted by molar-refractivity contribution is -0.158. The standard InChI is InChI=1S/C21H25N3O5/c1-11-10-24-16-6-5-14(12(2)23-28-4)7-15(16)9-21(19(24)13(3)29-11)17(25)8-18(26)22-20(21)27/h5-7,11,13,19H,8-10H2,1-4H3,(H,22,26,27)/b23-12+/t11-,13+,19-,21-/m1/s1. The smallest absolute Gasteiger partial charge is 0.242 e. The van der Waals surface area contributed by atoms with E-state index in [1.165, 1.54) is 7.11 Å². The van der Waals surface area contributed by atoms with E-state index in [4.69, 9.17) is 9.57 Å². The molecule has 0 bridgehead atoms. The average molecular weight is 399 g/mol. The molecule has 0 saturated carbocycles. The number of oxime groups is 1. The van der Waals surface area contributed by atoms with Crippen LogP contribution in [0.15, 0.2) is 23.4 Å². The maximum atomic E-state index is 13.2. The summed E-state index contributed by atoms with van der Waals surface area (Å²) in [6, 6.07) is 5.45. The number of Topliss-reactive ketones (excluding diaryl/α,β-unsaturated/α-hetero) is 1. The van der Waals surface area contributed by atoms with Crippen LogP contribution in [0, 0.1) is 5.41 Å². The van der Waals surface area contributed by atoms with Crippen LogP contribution in [0.25, 0.3) is 0 Å². The lowest BCUT2D eigenvalue weighted by atomic mass is 9.63. The monoisotopic (exact) mass is 399 g/mol. The van der Waals surface area contributed by atoms with Crippen LogP contribution in [0.3, 0.4) is 0 Å². The molecule has 8 heteroatoms. The fourth-order valence-electron chi connectivity index (χ4n) is 5.06. The molecule has 2 saturated heterocycles. The zero-order valence-electron chi connectivity index (χ0n) is 17.0. The van der Waals surface area contributed by atoms with E-state index < -0.39 is 23.3 Å². The van der Waals surface area contributed by atoms with Crippen molar-refractivity contribution < 1.29 is 24.0 Å². The molecule has 2 fully saturated rings. The average Bonchev–Trinajstić information content (AvgIpc) is 2.65. The fourth-order valence-corrected chi connectivity index (χ4v) is 5.06. The van der Waals surface area contributed by atoms with Crippen molar-refractivity contribution in [2.24, 2.45) is 10.6 Å². The van der Waals surface area contributed by atoms with E-state index in [2.05, 4.69) is 15.4 Å². The van der Waals surface area contributed by atoms with E-state index in [1.807, 2.05) is 39.0 Å². The first-order chi connectivity index (χ1) is 13.8. The molecule has 2 amide bonds. The van der Waals surface area contributed by atoms with Gasteiger partial charge in [-0.1, -0.05) is 11.2 Å². The molecule has 4 rings (SSSR count). The number of anilines is 1. The second-order valence-electron chi connectivity index (χ2n) is 8.08. The predicted molar refractivity (Wildman–Crippen MR) is 106 cm³/mol. The normalized spacial score (nSPS) is 32.0. The van der Waals surface area contributed by atoms with Gasteiger partial charge in [0.2, 0.25) is 11.8 Å². The van der Waals surface area contributed by atoms with Crippen LogP contribution in [0.1, 0.15) is 38.3 Å². The minimum absolute atomic E-state index is 0.0518. The van der Waals surface area contributed by atoms with Gasteiger partial charge in [0.25, 0.3) is 0 Å². The quantitative estimate of drug-likeness (QED) is 0.347. The Morgan fingerprint density at radius 3 is 2.76 bits per heavy atom. The first kappa shape index (κ1) is 19.6. The fraction of sp³-hybridized carbons (Fsp3) is 0.524. The van der Waals surface area contributed by atoms with E-state index in [1.54, 1.807) is 0 Å². The number of benzene rings is 1. The van der Waals surface area contributed by atoms with E-state index in [0.717, 1.165) is 16.8 Å². The number of morpholine rings is 1. The van der Waals surface area contributed by atoms with Crippen LogP contribution < -0.4 is 10.2 Å². The van der Waals surface area contributed by atoms with Crippen LogP contribution >= 0.6 is 0 Å². The Labute approximate surface area is 169 Å². The highest BCUT2D eigenvalue weighted by Gasteiger charge is 2.62. The van der Waals surface area contributed by atoms with E-state index >= 15 is 0 Å². The molecule has 3 aliphatic rings. The summed E-state index contributed by atoms with van der Waals surface area (Å²) >= 11 is 0. The number of amides is 2. The van der Waals surface area contributed by atoms with Crippen LogP contribution in [0.5, 0.6) is 0 Å². The number of nitrogens with one attached hydrogen (secondary N) is 1. The van der Waals surface area contributed by atoms with Gasteiger partial charge in [0.1, 0.15) is 12.5 Å². The summed E-state index contributed by atoms with van der Waals surface area (Å²) in [7, 11) is 1.49. The molecule has 3 aliphatic heterocycles. The van der Waals surface area contributed by atoms with Crippen LogP contribution in [-0.2, 0) is 30.4 Å². The number of imide groups is 1. The van der Waals surface area contributed by atoms with Gasteiger partial charge in [-0.25, -0.2) is 0 Å². The van der Waals surface area contributed by atoms with Crippen LogP contribution in [-0.4, -0.2) is 55.2 Å². The predicted octanol–water partition coefficient (Wildman–Crippen LogP) is 1.20. The van der Waals surface area contributed by atoms with Gasteiger partial charge in [0, 0.05) is 12.2 Å². The molecule has 3 heterocycles. The maximum absolute atomic E-state index is 13.2. The van der Waals surface area contributed by atoms with Crippen molar-refractivity contribution in [1.29, 1.82) is 0 Å². The van der Waals surface area contributed by atoms with Gasteiger partial charge in [0.15, 0.2) is 5.78 Å². The minimum Gasteiger partial charge on any atom is -0.399 e. The summed E-state index contributed by atoms with van der Waals surface area (Å²) in [5, 5.41) is 6.38. The number of carbonyl (C=O) groups is 3. The first-order valence-electron chi connectivity index (χ1n) is 9.78. The van der Waals surface area contributed by atoms with Gasteiger partial charge >= 0.3 is 0 Å². The Bertz CT molecular complexity index is 905. The van der Waals surface area contributed by atoms with Gasteiger partial charge in [-0.05, 0) is 50.5 Å². The van der Waals surface area contributed by atoms with Crippen molar-refractivity contribution in [2.75, 3.05) is 18.6 Å². The van der Waals surface area contributed by atoms with Crippen LogP contribution in [0.4, 0.5) is 5.69 Å². The Hall–Kier alpha value is -2.74. The summed E-state index contributed by atoms with van der Waals surface area (Å²) in [6.45, 7) is 6.26. The Kier molecular flexibility index (Phi) is 4.69. The SMILES string of the molecule is CO/N=C(\C)c1ccc2c(c1)C[C@@]1(C(=O)CC(=O)NC1=O)[C@H]1[C@H](C)O[C@H](C)CN21. The number of nitrogens with zero attached hydrogens (tertiary/aromatic N) is 2. The number of ketones is 1. The lowest BCUT2D eigenvalue weighted by Crippen LogP contribution is -2.72. The third kappa shape index (κ3) is 2.93. The largest absolute Gasteiger partial charge is 0.399 e. The third-order valence-electron chi connectivity index (χ3n) is 6.17. The molecular formula is C21H25N3O5. The molecule has 1 N–H and O–H groups in total. The number of rotatable bonds is 2. The zero-order valence-corrected chi connectivity index (χ0v) is 17.0. The highest BCUT2D eigenvalue weighted by Crippen LogP contribution is 2.47. The molecule has 0 aliphatic carbocycles. The number of piperidine rings is 1. The van der Waals surface area contributed by atoms with Crippen molar-refractivity contribution >= 4 is 29.0 Å². The van der Waals surface area contributed by atoms with E-state index in [-0.39, 0.29) is 30.8 Å². The summed E-state index contributed by atoms with van der Waals surface area (Å²) < 4.78 is 6.02. The van der Waals surface area contributed by atoms with Crippen molar-refractivity contribution in [1.82, 2.24) is 5.32 Å². The highest BCUT2D eigenvalue weighted by molar-refractivity contribution is 6.22. The van der Waals surface area contributed by atoms with E-state index in [9.17, 15) is 14.4 Å². The third-order valence-corrected chi connectivity index (χ3v) is 6.17. The van der Waals surface area contributed by atoms with Gasteiger partial charge in [-0.3, -0.25) is 19.7 Å². The molecule has 1 aromatic carbocycles. The van der Waals surface area contributed by atoms with Gasteiger partial charge < -0.3 is 14.5 Å². The molecule has 4 atom stereocenters. The number of hydrogen-bond acceptors (Lipinski definition) is 7. The topological polar surface area (TPSA) is 97.3 Å². The second kappa shape index (κ2) is 6.95. The Morgan fingerprint density at radius 2 is 2.07 bits per heavy atom. The lowest BCUT2D eigenvalue weighted by Gasteiger charge is -2.55. The van der Waals surface area contributed by atoms with Crippen molar-refractivity contribution in [3.05, 3.63) is 29.3 Å². The van der Waals surface area contributed by atoms with Crippen molar-refractivity contribution in [3.63, 3.8) is 0 Å². The number of carbonyl (C=O) groups excluding carboxylic acids is 3. The number of hydrogen-bond donors (Lipinski definition) is 1. The second-order valence-corrected chi connectivity index (χ2v) is 8.08. The summed E-state index contributed by atoms with van der Waals surface area (Å²) in [4.78, 5) is 45.1. The highest BCUT2D eigenvalue weighted by atomic mass is 16.6. The van der Waals surface area contributed by atoms with Gasteiger partial charge in [0.05, 0.1) is 30.4 Å². The van der Waals surface area contributed by atoms with Crippen LogP contribution in [0.2, 0.25) is 0 Å². The maximum Gasteiger partial charge on any atom is 0.242 e. The Morgan fingerprint density at radius 1 is 1.31 bits per heavy atom. The van der Waals surface area contributed by atoms with Gasteiger partial charge in [-0.2, -0.15) is 0 Å². The molecule has 29 heavy (non-hydrogen) atoms. The molecule has 0 unspecified atom stereocenters.